The molecule has 0 aliphatic heterocycles. The number of methoxy groups -OCH3 is 1. The molecule has 0 atom stereocenters. The van der Waals surface area contributed by atoms with Gasteiger partial charge in [0.05, 0.1) is 12.9 Å². The van der Waals surface area contributed by atoms with E-state index >= 15 is 0 Å². The number of nitrogens with one attached hydrogen (secondary N) is 1. The first-order chi connectivity index (χ1) is 11.2. The summed E-state index contributed by atoms with van der Waals surface area (Å²) < 4.78 is 6.20. The van der Waals surface area contributed by atoms with Crippen molar-refractivity contribution in [1.29, 1.82) is 0 Å². The second kappa shape index (κ2) is 9.63. The summed E-state index contributed by atoms with van der Waals surface area (Å²) in [5, 5.41) is 2.96. The van der Waals surface area contributed by atoms with Crippen LogP contribution < -0.4 is 10.1 Å². The first-order valence-electron chi connectivity index (χ1n) is 7.39. The Labute approximate surface area is 149 Å². The number of carbonyl (C=O) groups is 1. The van der Waals surface area contributed by atoms with E-state index < -0.39 is 0 Å². The van der Waals surface area contributed by atoms with Gasteiger partial charge in [0.25, 0.3) is 0 Å². The highest BCUT2D eigenvalue weighted by Gasteiger charge is 2.02. The molecule has 0 aromatic heterocycles. The number of hydrogen-bond donors (Lipinski definition) is 1. The Balaban J connectivity index is 1.62. The molecule has 0 radical (unpaired) electrons. The zero-order chi connectivity index (χ0) is 16.5. The van der Waals surface area contributed by atoms with Crippen molar-refractivity contribution in [2.45, 2.75) is 12.2 Å². The molecular formula is C18H20BrNO2S. The van der Waals surface area contributed by atoms with Gasteiger partial charge in [0.15, 0.2) is 0 Å². The molecule has 2 aromatic rings. The molecule has 0 saturated carbocycles. The van der Waals surface area contributed by atoms with Crippen molar-refractivity contribution < 1.29 is 9.53 Å². The minimum Gasteiger partial charge on any atom is -0.497 e. The minimum absolute atomic E-state index is 0.0839. The van der Waals surface area contributed by atoms with Gasteiger partial charge >= 0.3 is 0 Å². The fourth-order valence-electron chi connectivity index (χ4n) is 2.03. The topological polar surface area (TPSA) is 38.3 Å². The monoisotopic (exact) mass is 393 g/mol. The predicted octanol–water partition coefficient (Wildman–Crippen LogP) is 4.05. The number of halogens is 1. The third-order valence-corrected chi connectivity index (χ3v) is 4.84. The Morgan fingerprint density at radius 3 is 2.39 bits per heavy atom. The number of ether oxygens (including phenoxy) is 1. The summed E-state index contributed by atoms with van der Waals surface area (Å²) in [5.41, 5.74) is 2.41. The number of rotatable bonds is 8. The SMILES string of the molecule is COc1ccc(CCNC(=O)CSCc2ccc(Br)cc2)cc1. The molecule has 2 aromatic carbocycles. The van der Waals surface area contributed by atoms with Gasteiger partial charge in [-0.2, -0.15) is 0 Å². The van der Waals surface area contributed by atoms with Crippen LogP contribution in [0, 0.1) is 0 Å². The van der Waals surface area contributed by atoms with Crippen LogP contribution in [-0.4, -0.2) is 25.3 Å². The molecule has 122 valence electrons. The highest BCUT2D eigenvalue weighted by Crippen LogP contribution is 2.15. The van der Waals surface area contributed by atoms with E-state index in [1.54, 1.807) is 18.9 Å². The zero-order valence-corrected chi connectivity index (χ0v) is 15.5. The van der Waals surface area contributed by atoms with Crippen LogP contribution in [0.25, 0.3) is 0 Å². The van der Waals surface area contributed by atoms with Crippen LogP contribution in [0.2, 0.25) is 0 Å². The van der Waals surface area contributed by atoms with E-state index in [2.05, 4.69) is 33.4 Å². The van der Waals surface area contributed by atoms with Gasteiger partial charge in [0, 0.05) is 16.8 Å². The minimum atomic E-state index is 0.0839. The Morgan fingerprint density at radius 1 is 1.09 bits per heavy atom. The van der Waals surface area contributed by atoms with Gasteiger partial charge in [-0.15, -0.1) is 11.8 Å². The van der Waals surface area contributed by atoms with E-state index in [1.165, 1.54) is 11.1 Å². The van der Waals surface area contributed by atoms with Crippen LogP contribution in [0.15, 0.2) is 53.0 Å². The summed E-state index contributed by atoms with van der Waals surface area (Å²) >= 11 is 5.04. The molecule has 2 rings (SSSR count). The van der Waals surface area contributed by atoms with Crippen LogP contribution in [0.5, 0.6) is 5.75 Å². The molecule has 0 aliphatic rings. The van der Waals surface area contributed by atoms with Gasteiger partial charge in [0.1, 0.15) is 5.75 Å². The van der Waals surface area contributed by atoms with Crippen molar-refractivity contribution in [1.82, 2.24) is 5.32 Å². The molecule has 0 saturated heterocycles. The lowest BCUT2D eigenvalue weighted by atomic mass is 10.1. The summed E-state index contributed by atoms with van der Waals surface area (Å²) in [4.78, 5) is 11.8. The summed E-state index contributed by atoms with van der Waals surface area (Å²) in [5.74, 6) is 2.26. The third kappa shape index (κ3) is 6.67. The maximum atomic E-state index is 11.8. The Kier molecular flexibility index (Phi) is 7.49. The molecule has 0 spiro atoms. The van der Waals surface area contributed by atoms with Crippen LogP contribution in [0.1, 0.15) is 11.1 Å². The molecular weight excluding hydrogens is 374 g/mol. The fraction of sp³-hybridized carbons (Fsp3) is 0.278. The van der Waals surface area contributed by atoms with E-state index in [0.717, 1.165) is 22.4 Å². The summed E-state index contributed by atoms with van der Waals surface area (Å²) in [6.45, 7) is 0.657. The summed E-state index contributed by atoms with van der Waals surface area (Å²) in [7, 11) is 1.65. The number of carbonyl (C=O) groups excluding carboxylic acids is 1. The number of thioether (sulfide) groups is 1. The van der Waals surface area contributed by atoms with Crippen molar-refractivity contribution in [3.63, 3.8) is 0 Å². The molecule has 0 bridgehead atoms. The Hall–Kier alpha value is -1.46. The lowest BCUT2D eigenvalue weighted by Gasteiger charge is -2.06. The van der Waals surface area contributed by atoms with Crippen LogP contribution in [-0.2, 0) is 17.0 Å². The molecule has 0 unspecified atom stereocenters. The molecule has 0 aliphatic carbocycles. The molecule has 1 amide bonds. The molecule has 3 nitrogen and oxygen atoms in total. The van der Waals surface area contributed by atoms with Crippen LogP contribution in [0.4, 0.5) is 0 Å². The molecule has 0 heterocycles. The Bertz CT molecular complexity index is 614. The van der Waals surface area contributed by atoms with Gasteiger partial charge < -0.3 is 10.1 Å². The predicted molar refractivity (Wildman–Crippen MR) is 100 cm³/mol. The second-order valence-corrected chi connectivity index (χ2v) is 6.97. The highest BCUT2D eigenvalue weighted by molar-refractivity contribution is 9.10. The van der Waals surface area contributed by atoms with Crippen LogP contribution in [0.3, 0.4) is 0 Å². The van der Waals surface area contributed by atoms with Gasteiger partial charge in [-0.05, 0) is 41.8 Å². The second-order valence-electron chi connectivity index (χ2n) is 5.07. The van der Waals surface area contributed by atoms with Gasteiger partial charge in [0.2, 0.25) is 5.91 Å². The van der Waals surface area contributed by atoms with Gasteiger partial charge in [-0.1, -0.05) is 40.2 Å². The van der Waals surface area contributed by atoms with Crippen molar-refractivity contribution in [3.8, 4) is 5.75 Å². The smallest absolute Gasteiger partial charge is 0.230 e. The average molecular weight is 394 g/mol. The van der Waals surface area contributed by atoms with Crippen LogP contribution >= 0.6 is 27.7 Å². The average Bonchev–Trinajstić information content (AvgIpc) is 2.57. The maximum absolute atomic E-state index is 11.8. The van der Waals surface area contributed by atoms with Crippen molar-refractivity contribution >= 4 is 33.6 Å². The number of benzene rings is 2. The van der Waals surface area contributed by atoms with Crippen molar-refractivity contribution in [2.24, 2.45) is 0 Å². The number of amides is 1. The van der Waals surface area contributed by atoms with Crippen molar-refractivity contribution in [2.75, 3.05) is 19.4 Å². The fourth-order valence-corrected chi connectivity index (χ4v) is 3.11. The highest BCUT2D eigenvalue weighted by atomic mass is 79.9. The van der Waals surface area contributed by atoms with E-state index in [1.807, 2.05) is 36.4 Å². The first-order valence-corrected chi connectivity index (χ1v) is 9.34. The number of hydrogen-bond acceptors (Lipinski definition) is 3. The summed E-state index contributed by atoms with van der Waals surface area (Å²) in [6.07, 6.45) is 0.827. The largest absolute Gasteiger partial charge is 0.497 e. The molecule has 0 fully saturated rings. The Morgan fingerprint density at radius 2 is 1.74 bits per heavy atom. The van der Waals surface area contributed by atoms with Gasteiger partial charge in [-0.25, -0.2) is 0 Å². The first kappa shape index (κ1) is 17.9. The van der Waals surface area contributed by atoms with E-state index in [0.29, 0.717) is 12.3 Å². The van der Waals surface area contributed by atoms with E-state index in [4.69, 9.17) is 4.74 Å². The zero-order valence-electron chi connectivity index (χ0n) is 13.0. The lowest BCUT2D eigenvalue weighted by molar-refractivity contribution is -0.118. The third-order valence-electron chi connectivity index (χ3n) is 3.31. The molecule has 5 heteroatoms. The normalized spacial score (nSPS) is 10.3. The molecule has 23 heavy (non-hydrogen) atoms. The maximum Gasteiger partial charge on any atom is 0.230 e. The summed E-state index contributed by atoms with van der Waals surface area (Å²) in [6, 6.07) is 16.1. The van der Waals surface area contributed by atoms with E-state index in [9.17, 15) is 4.79 Å². The lowest BCUT2D eigenvalue weighted by Crippen LogP contribution is -2.27. The molecule has 1 N–H and O–H groups in total. The quantitative estimate of drug-likeness (QED) is 0.734. The van der Waals surface area contributed by atoms with Crippen molar-refractivity contribution in [3.05, 3.63) is 64.1 Å². The van der Waals surface area contributed by atoms with E-state index in [-0.39, 0.29) is 5.91 Å². The standard InChI is InChI=1S/C18H20BrNO2S/c1-22-17-8-4-14(5-9-17)10-11-20-18(21)13-23-12-15-2-6-16(19)7-3-15/h2-9H,10-13H2,1H3,(H,20,21). The van der Waals surface area contributed by atoms with Gasteiger partial charge in [-0.3, -0.25) is 4.79 Å².